The molecule has 1 heterocycles. The lowest BCUT2D eigenvalue weighted by Crippen LogP contribution is -2.26. The first-order valence-electron chi connectivity index (χ1n) is 7.22. The average molecular weight is 246 g/mol. The zero-order valence-electron chi connectivity index (χ0n) is 11.8. The second-order valence-corrected chi connectivity index (χ2v) is 5.64. The normalized spacial score (nSPS) is 19.3. The Labute approximate surface area is 111 Å². The lowest BCUT2D eigenvalue weighted by Gasteiger charge is -2.26. The first kappa shape index (κ1) is 13.6. The number of hydrogen-bond acceptors (Lipinski definition) is 2. The van der Waals surface area contributed by atoms with E-state index in [4.69, 9.17) is 5.73 Å². The zero-order valence-corrected chi connectivity index (χ0v) is 11.8. The summed E-state index contributed by atoms with van der Waals surface area (Å²) in [6.07, 6.45) is 3.96. The Morgan fingerprint density at radius 3 is 2.39 bits per heavy atom. The molecule has 0 unspecified atom stereocenters. The molecule has 1 saturated heterocycles. The van der Waals surface area contributed by atoms with Crippen LogP contribution < -0.4 is 5.73 Å². The van der Waals surface area contributed by atoms with Crippen molar-refractivity contribution in [3.8, 4) is 0 Å². The predicted molar refractivity (Wildman–Crippen MR) is 77.2 cm³/mol. The van der Waals surface area contributed by atoms with Crippen LogP contribution >= 0.6 is 0 Å². The van der Waals surface area contributed by atoms with E-state index in [-0.39, 0.29) is 0 Å². The molecule has 18 heavy (non-hydrogen) atoms. The highest BCUT2D eigenvalue weighted by Crippen LogP contribution is 2.37. The Morgan fingerprint density at radius 1 is 1.17 bits per heavy atom. The first-order chi connectivity index (χ1) is 8.73. The van der Waals surface area contributed by atoms with Crippen LogP contribution in [0.1, 0.15) is 44.2 Å². The molecule has 1 aliphatic rings. The van der Waals surface area contributed by atoms with Gasteiger partial charge in [0.15, 0.2) is 0 Å². The molecule has 2 heteroatoms. The minimum atomic E-state index is 0.567. The van der Waals surface area contributed by atoms with E-state index in [1.807, 2.05) is 0 Å². The monoisotopic (exact) mass is 246 g/mol. The molecule has 0 saturated carbocycles. The van der Waals surface area contributed by atoms with Gasteiger partial charge >= 0.3 is 0 Å². The zero-order chi connectivity index (χ0) is 13.0. The van der Waals surface area contributed by atoms with Crippen LogP contribution in [-0.2, 0) is 13.1 Å². The van der Waals surface area contributed by atoms with Crippen LogP contribution in [0.4, 0.5) is 0 Å². The van der Waals surface area contributed by atoms with Crippen LogP contribution in [0.5, 0.6) is 0 Å². The van der Waals surface area contributed by atoms with E-state index in [0.717, 1.165) is 6.54 Å². The van der Waals surface area contributed by atoms with Crippen molar-refractivity contribution >= 4 is 0 Å². The second kappa shape index (κ2) is 5.85. The number of likely N-dealkylation sites (tertiary alicyclic amines) is 1. The third-order valence-corrected chi connectivity index (χ3v) is 4.75. The van der Waals surface area contributed by atoms with Gasteiger partial charge in [-0.1, -0.05) is 38.1 Å². The molecule has 0 spiro atoms. The van der Waals surface area contributed by atoms with Crippen molar-refractivity contribution < 1.29 is 0 Å². The van der Waals surface area contributed by atoms with E-state index < -0.39 is 0 Å². The van der Waals surface area contributed by atoms with E-state index >= 15 is 0 Å². The SMILES string of the molecule is CCC1(CC)CCN(Cc2ccccc2CN)C1. The molecule has 0 aromatic heterocycles. The van der Waals surface area contributed by atoms with Gasteiger partial charge in [-0.15, -0.1) is 0 Å². The van der Waals surface area contributed by atoms with Gasteiger partial charge < -0.3 is 5.73 Å². The predicted octanol–water partition coefficient (Wildman–Crippen LogP) is 3.16. The maximum absolute atomic E-state index is 5.81. The number of nitrogens with two attached hydrogens (primary N) is 1. The summed E-state index contributed by atoms with van der Waals surface area (Å²) in [7, 11) is 0. The molecule has 0 radical (unpaired) electrons. The fourth-order valence-corrected chi connectivity index (χ4v) is 3.14. The highest BCUT2D eigenvalue weighted by molar-refractivity contribution is 5.26. The van der Waals surface area contributed by atoms with Gasteiger partial charge in [-0.25, -0.2) is 0 Å². The Balaban J connectivity index is 2.03. The maximum atomic E-state index is 5.81. The van der Waals surface area contributed by atoms with E-state index in [1.54, 1.807) is 0 Å². The summed E-state index contributed by atoms with van der Waals surface area (Å²) in [5, 5.41) is 0. The van der Waals surface area contributed by atoms with Crippen LogP contribution in [0.2, 0.25) is 0 Å². The minimum Gasteiger partial charge on any atom is -0.326 e. The van der Waals surface area contributed by atoms with Crippen molar-refractivity contribution in [3.63, 3.8) is 0 Å². The Morgan fingerprint density at radius 2 is 1.83 bits per heavy atom. The molecule has 1 aliphatic heterocycles. The molecule has 0 amide bonds. The van der Waals surface area contributed by atoms with Gasteiger partial charge in [0.1, 0.15) is 0 Å². The number of nitrogens with zero attached hydrogens (tertiary/aromatic N) is 1. The van der Waals surface area contributed by atoms with E-state index in [2.05, 4.69) is 43.0 Å². The second-order valence-electron chi connectivity index (χ2n) is 5.64. The van der Waals surface area contributed by atoms with Crippen molar-refractivity contribution in [2.75, 3.05) is 13.1 Å². The lowest BCUT2D eigenvalue weighted by atomic mass is 9.82. The summed E-state index contributed by atoms with van der Waals surface area (Å²) in [5.41, 5.74) is 9.08. The largest absolute Gasteiger partial charge is 0.326 e. The topological polar surface area (TPSA) is 29.3 Å². The summed E-state index contributed by atoms with van der Waals surface area (Å²) >= 11 is 0. The van der Waals surface area contributed by atoms with Crippen molar-refractivity contribution in [1.82, 2.24) is 4.90 Å². The summed E-state index contributed by atoms with van der Waals surface area (Å²) in [6, 6.07) is 8.58. The molecule has 0 aliphatic carbocycles. The first-order valence-corrected chi connectivity index (χ1v) is 7.22. The molecule has 0 atom stereocenters. The van der Waals surface area contributed by atoms with Crippen LogP contribution in [-0.4, -0.2) is 18.0 Å². The van der Waals surface area contributed by atoms with E-state index in [0.29, 0.717) is 12.0 Å². The molecule has 1 aromatic rings. The summed E-state index contributed by atoms with van der Waals surface area (Å²) in [6.45, 7) is 8.87. The molecule has 1 aromatic carbocycles. The van der Waals surface area contributed by atoms with Crippen LogP contribution in [0.25, 0.3) is 0 Å². The molecule has 2 nitrogen and oxygen atoms in total. The van der Waals surface area contributed by atoms with E-state index in [9.17, 15) is 0 Å². The molecule has 2 rings (SSSR count). The molecular formula is C16H26N2. The molecule has 0 bridgehead atoms. The van der Waals surface area contributed by atoms with Crippen molar-refractivity contribution in [2.45, 2.75) is 46.2 Å². The maximum Gasteiger partial charge on any atom is 0.0237 e. The van der Waals surface area contributed by atoms with Gasteiger partial charge in [-0.05, 0) is 42.3 Å². The van der Waals surface area contributed by atoms with Crippen LogP contribution in [0, 0.1) is 5.41 Å². The minimum absolute atomic E-state index is 0.567. The van der Waals surface area contributed by atoms with Crippen molar-refractivity contribution in [3.05, 3.63) is 35.4 Å². The van der Waals surface area contributed by atoms with Gasteiger partial charge in [0.25, 0.3) is 0 Å². The Kier molecular flexibility index (Phi) is 4.41. The molecule has 2 N–H and O–H groups in total. The third-order valence-electron chi connectivity index (χ3n) is 4.75. The van der Waals surface area contributed by atoms with Gasteiger partial charge in [0.05, 0.1) is 0 Å². The standard InChI is InChI=1S/C16H26N2/c1-3-16(4-2)9-10-18(13-16)12-15-8-6-5-7-14(15)11-17/h5-8H,3-4,9-13,17H2,1-2H3. The van der Waals surface area contributed by atoms with Crippen LogP contribution in [0.3, 0.4) is 0 Å². The van der Waals surface area contributed by atoms with Gasteiger partial charge in [0, 0.05) is 19.6 Å². The smallest absolute Gasteiger partial charge is 0.0237 e. The fourth-order valence-electron chi connectivity index (χ4n) is 3.14. The number of benzene rings is 1. The Hall–Kier alpha value is -0.860. The van der Waals surface area contributed by atoms with Gasteiger partial charge in [0.2, 0.25) is 0 Å². The Bertz CT molecular complexity index is 382. The summed E-state index contributed by atoms with van der Waals surface area (Å²) in [5.74, 6) is 0. The highest BCUT2D eigenvalue weighted by Gasteiger charge is 2.34. The van der Waals surface area contributed by atoms with Crippen molar-refractivity contribution in [1.29, 1.82) is 0 Å². The molecule has 100 valence electrons. The summed E-state index contributed by atoms with van der Waals surface area (Å²) in [4.78, 5) is 2.60. The number of rotatable bonds is 5. The summed E-state index contributed by atoms with van der Waals surface area (Å²) < 4.78 is 0. The highest BCUT2D eigenvalue weighted by atomic mass is 15.2. The number of hydrogen-bond donors (Lipinski definition) is 1. The molecular weight excluding hydrogens is 220 g/mol. The van der Waals surface area contributed by atoms with Gasteiger partial charge in [-0.2, -0.15) is 0 Å². The van der Waals surface area contributed by atoms with Crippen LogP contribution in [0.15, 0.2) is 24.3 Å². The average Bonchev–Trinajstić information content (AvgIpc) is 2.83. The van der Waals surface area contributed by atoms with Crippen molar-refractivity contribution in [2.24, 2.45) is 11.1 Å². The fraction of sp³-hybridized carbons (Fsp3) is 0.625. The third kappa shape index (κ3) is 2.76. The molecule has 1 fully saturated rings. The van der Waals surface area contributed by atoms with E-state index in [1.165, 1.54) is 43.5 Å². The quantitative estimate of drug-likeness (QED) is 0.864. The van der Waals surface area contributed by atoms with Gasteiger partial charge in [-0.3, -0.25) is 4.90 Å². The lowest BCUT2D eigenvalue weighted by molar-refractivity contribution is 0.236.